The molecule has 0 aliphatic rings. The van der Waals surface area contributed by atoms with Crippen LogP contribution in [0.4, 0.5) is 0 Å². The van der Waals surface area contributed by atoms with Gasteiger partial charge in [-0.05, 0) is 26.2 Å². The summed E-state index contributed by atoms with van der Waals surface area (Å²) < 4.78 is 4.99. The zero-order chi connectivity index (χ0) is 12.6. The van der Waals surface area contributed by atoms with E-state index >= 15 is 0 Å². The van der Waals surface area contributed by atoms with Crippen molar-refractivity contribution in [2.75, 3.05) is 20.3 Å². The van der Waals surface area contributed by atoms with Crippen LogP contribution in [0.2, 0.25) is 0 Å². The van der Waals surface area contributed by atoms with Crippen LogP contribution in [-0.2, 0) is 9.53 Å². The van der Waals surface area contributed by atoms with Crippen molar-refractivity contribution in [3.63, 3.8) is 0 Å². The molecule has 0 aliphatic carbocycles. The number of amides is 1. The van der Waals surface area contributed by atoms with Gasteiger partial charge in [-0.15, -0.1) is 0 Å². The molecular weight excluding hydrogens is 204 g/mol. The third-order valence-corrected chi connectivity index (χ3v) is 2.37. The second kappa shape index (κ2) is 8.53. The summed E-state index contributed by atoms with van der Waals surface area (Å²) in [6.45, 7) is 9.56. The van der Waals surface area contributed by atoms with Crippen molar-refractivity contribution in [1.82, 2.24) is 10.6 Å². The SMILES string of the molecule is COCCC(C)NC(C)C(=O)NCC(C)C. The fraction of sp³-hybridized carbons (Fsp3) is 0.917. The van der Waals surface area contributed by atoms with Gasteiger partial charge < -0.3 is 15.4 Å². The van der Waals surface area contributed by atoms with Crippen molar-refractivity contribution in [3.05, 3.63) is 0 Å². The average molecular weight is 230 g/mol. The minimum atomic E-state index is -0.148. The molecule has 1 amide bonds. The van der Waals surface area contributed by atoms with E-state index in [1.165, 1.54) is 0 Å². The normalized spacial score (nSPS) is 14.9. The van der Waals surface area contributed by atoms with Gasteiger partial charge in [0.1, 0.15) is 0 Å². The molecule has 0 aliphatic heterocycles. The lowest BCUT2D eigenvalue weighted by Gasteiger charge is -2.19. The lowest BCUT2D eigenvalue weighted by molar-refractivity contribution is -0.123. The molecule has 0 saturated carbocycles. The summed E-state index contributed by atoms with van der Waals surface area (Å²) in [4.78, 5) is 11.7. The molecule has 0 heterocycles. The summed E-state index contributed by atoms with van der Waals surface area (Å²) >= 11 is 0. The second-order valence-corrected chi connectivity index (χ2v) is 4.71. The standard InChI is InChI=1S/C12H26N2O2/c1-9(2)8-13-12(15)11(4)14-10(3)6-7-16-5/h9-11,14H,6-8H2,1-5H3,(H,13,15). The molecule has 96 valence electrons. The average Bonchev–Trinajstić information content (AvgIpc) is 2.22. The zero-order valence-electron chi connectivity index (χ0n) is 11.2. The molecule has 2 unspecified atom stereocenters. The molecule has 2 N–H and O–H groups in total. The first-order valence-electron chi connectivity index (χ1n) is 6.00. The molecule has 0 aromatic rings. The van der Waals surface area contributed by atoms with Gasteiger partial charge in [0, 0.05) is 26.3 Å². The summed E-state index contributed by atoms with van der Waals surface area (Å²) in [6, 6.07) is 0.144. The smallest absolute Gasteiger partial charge is 0.236 e. The van der Waals surface area contributed by atoms with Crippen molar-refractivity contribution in [2.24, 2.45) is 5.92 Å². The van der Waals surface area contributed by atoms with Crippen LogP contribution in [0.15, 0.2) is 0 Å². The Morgan fingerprint density at radius 3 is 2.38 bits per heavy atom. The van der Waals surface area contributed by atoms with E-state index in [2.05, 4.69) is 31.4 Å². The van der Waals surface area contributed by atoms with Crippen LogP contribution in [0.1, 0.15) is 34.1 Å². The summed E-state index contributed by atoms with van der Waals surface area (Å²) in [5, 5.41) is 6.16. The number of rotatable bonds is 8. The summed E-state index contributed by atoms with van der Waals surface area (Å²) in [5.41, 5.74) is 0. The Labute approximate surface area is 99.1 Å². The van der Waals surface area contributed by atoms with Crippen molar-refractivity contribution in [2.45, 2.75) is 46.2 Å². The van der Waals surface area contributed by atoms with Crippen LogP contribution >= 0.6 is 0 Å². The first-order valence-corrected chi connectivity index (χ1v) is 6.00. The molecule has 0 radical (unpaired) electrons. The van der Waals surface area contributed by atoms with Gasteiger partial charge in [-0.25, -0.2) is 0 Å². The number of carbonyl (C=O) groups excluding carboxylic acids is 1. The topological polar surface area (TPSA) is 50.4 Å². The van der Waals surface area contributed by atoms with E-state index in [0.29, 0.717) is 18.6 Å². The van der Waals surface area contributed by atoms with Crippen LogP contribution in [0.25, 0.3) is 0 Å². The quantitative estimate of drug-likeness (QED) is 0.658. The van der Waals surface area contributed by atoms with Gasteiger partial charge in [0.05, 0.1) is 6.04 Å². The molecule has 0 bridgehead atoms. The number of hydrogen-bond acceptors (Lipinski definition) is 3. The van der Waals surface area contributed by atoms with E-state index in [4.69, 9.17) is 4.74 Å². The fourth-order valence-corrected chi connectivity index (χ4v) is 1.34. The van der Waals surface area contributed by atoms with Crippen LogP contribution in [0, 0.1) is 5.92 Å². The minimum absolute atomic E-state index is 0.0676. The molecule has 0 fully saturated rings. The highest BCUT2D eigenvalue weighted by Crippen LogP contribution is 1.95. The summed E-state index contributed by atoms with van der Waals surface area (Å²) in [5.74, 6) is 0.556. The largest absolute Gasteiger partial charge is 0.385 e. The van der Waals surface area contributed by atoms with Gasteiger partial charge in [-0.1, -0.05) is 13.8 Å². The molecule has 0 aromatic carbocycles. The van der Waals surface area contributed by atoms with E-state index in [1.54, 1.807) is 7.11 Å². The molecule has 0 spiro atoms. The van der Waals surface area contributed by atoms with Crippen LogP contribution in [0.3, 0.4) is 0 Å². The van der Waals surface area contributed by atoms with Gasteiger partial charge in [0.15, 0.2) is 0 Å². The van der Waals surface area contributed by atoms with E-state index in [9.17, 15) is 4.79 Å². The van der Waals surface area contributed by atoms with Crippen molar-refractivity contribution in [3.8, 4) is 0 Å². The Bertz CT molecular complexity index is 195. The van der Waals surface area contributed by atoms with Gasteiger partial charge in [0.2, 0.25) is 5.91 Å². The Balaban J connectivity index is 3.77. The van der Waals surface area contributed by atoms with Gasteiger partial charge >= 0.3 is 0 Å². The lowest BCUT2D eigenvalue weighted by atomic mass is 10.2. The van der Waals surface area contributed by atoms with Crippen molar-refractivity contribution < 1.29 is 9.53 Å². The molecule has 4 nitrogen and oxygen atoms in total. The fourth-order valence-electron chi connectivity index (χ4n) is 1.34. The van der Waals surface area contributed by atoms with E-state index in [0.717, 1.165) is 13.0 Å². The maximum atomic E-state index is 11.7. The summed E-state index contributed by atoms with van der Waals surface area (Å²) in [7, 11) is 1.69. The maximum Gasteiger partial charge on any atom is 0.236 e. The van der Waals surface area contributed by atoms with Crippen molar-refractivity contribution >= 4 is 5.91 Å². The van der Waals surface area contributed by atoms with Crippen LogP contribution in [0.5, 0.6) is 0 Å². The molecule has 0 saturated heterocycles. The molecule has 16 heavy (non-hydrogen) atoms. The molecule has 4 heteroatoms. The predicted octanol–water partition coefficient (Wildman–Crippen LogP) is 1.16. The molecular formula is C12H26N2O2. The Morgan fingerprint density at radius 1 is 1.25 bits per heavy atom. The number of methoxy groups -OCH3 is 1. The van der Waals surface area contributed by atoms with E-state index in [1.807, 2.05) is 6.92 Å². The predicted molar refractivity (Wildman–Crippen MR) is 66.4 cm³/mol. The minimum Gasteiger partial charge on any atom is -0.385 e. The monoisotopic (exact) mass is 230 g/mol. The highest BCUT2D eigenvalue weighted by Gasteiger charge is 2.14. The Hall–Kier alpha value is -0.610. The molecule has 0 aromatic heterocycles. The highest BCUT2D eigenvalue weighted by molar-refractivity contribution is 5.81. The van der Waals surface area contributed by atoms with E-state index in [-0.39, 0.29) is 11.9 Å². The second-order valence-electron chi connectivity index (χ2n) is 4.71. The summed E-state index contributed by atoms with van der Waals surface area (Å²) in [6.07, 6.45) is 0.915. The maximum absolute atomic E-state index is 11.7. The van der Waals surface area contributed by atoms with E-state index < -0.39 is 0 Å². The lowest BCUT2D eigenvalue weighted by Crippen LogP contribution is -2.46. The Kier molecular flexibility index (Phi) is 8.21. The number of hydrogen-bond donors (Lipinski definition) is 2. The van der Waals surface area contributed by atoms with Gasteiger partial charge in [0.25, 0.3) is 0 Å². The van der Waals surface area contributed by atoms with Gasteiger partial charge in [-0.3, -0.25) is 4.79 Å². The zero-order valence-corrected chi connectivity index (χ0v) is 11.2. The van der Waals surface area contributed by atoms with Gasteiger partial charge in [-0.2, -0.15) is 0 Å². The van der Waals surface area contributed by atoms with Crippen LogP contribution < -0.4 is 10.6 Å². The molecule has 2 atom stereocenters. The van der Waals surface area contributed by atoms with Crippen molar-refractivity contribution in [1.29, 1.82) is 0 Å². The number of carbonyl (C=O) groups is 1. The first-order chi connectivity index (χ1) is 7.47. The molecule has 0 rings (SSSR count). The third kappa shape index (κ3) is 7.65. The third-order valence-electron chi connectivity index (χ3n) is 2.37. The number of nitrogens with one attached hydrogen (secondary N) is 2. The highest BCUT2D eigenvalue weighted by atomic mass is 16.5. The van der Waals surface area contributed by atoms with Crippen LogP contribution in [-0.4, -0.2) is 38.3 Å². The number of ether oxygens (including phenoxy) is 1. The first kappa shape index (κ1) is 15.4. The Morgan fingerprint density at radius 2 is 1.88 bits per heavy atom.